The third-order valence-corrected chi connectivity index (χ3v) is 10.5. The Labute approximate surface area is 273 Å². The van der Waals surface area contributed by atoms with Gasteiger partial charge in [-0.15, -0.1) is 0 Å². The summed E-state index contributed by atoms with van der Waals surface area (Å²) < 4.78 is 38.9. The van der Waals surface area contributed by atoms with Crippen LogP contribution in [0, 0.1) is 0 Å². The molecule has 0 bridgehead atoms. The van der Waals surface area contributed by atoms with Gasteiger partial charge in [0.05, 0.1) is 34.5 Å². The van der Waals surface area contributed by atoms with Crippen LogP contribution in [0.1, 0.15) is 59.3 Å². The summed E-state index contributed by atoms with van der Waals surface area (Å²) in [5, 5.41) is 3.97. The number of fused-ring (bicyclic) bond motifs is 2. The molecule has 0 atom stereocenters. The molecule has 0 radical (unpaired) electrons. The zero-order valence-electron chi connectivity index (χ0n) is 25.4. The molecule has 6 rings (SSSR count). The average molecular weight is 660 g/mol. The van der Waals surface area contributed by atoms with Crippen molar-refractivity contribution in [2.24, 2.45) is 0 Å². The summed E-state index contributed by atoms with van der Waals surface area (Å²) in [5.41, 5.74) is 4.73. The van der Waals surface area contributed by atoms with Crippen LogP contribution >= 0.6 is 11.6 Å². The number of sulfonamides is 1. The van der Waals surface area contributed by atoms with Crippen LogP contribution in [0.5, 0.6) is 5.75 Å². The Morgan fingerprint density at radius 3 is 2.50 bits per heavy atom. The predicted octanol–water partition coefficient (Wildman–Crippen LogP) is 6.74. The molecule has 1 aliphatic carbocycles. The van der Waals surface area contributed by atoms with Gasteiger partial charge in [-0.2, -0.15) is 4.31 Å². The van der Waals surface area contributed by atoms with Crippen molar-refractivity contribution >= 4 is 61.7 Å². The summed E-state index contributed by atoms with van der Waals surface area (Å²) in [6.07, 6.45) is 6.92. The van der Waals surface area contributed by atoms with E-state index in [1.165, 1.54) is 29.6 Å². The molecule has 46 heavy (non-hydrogen) atoms. The van der Waals surface area contributed by atoms with Crippen LogP contribution in [0.2, 0.25) is 5.02 Å². The van der Waals surface area contributed by atoms with Crippen LogP contribution in [0.15, 0.2) is 71.6 Å². The first kappa shape index (κ1) is 31.7. The third-order valence-electron chi connectivity index (χ3n) is 8.32. The first-order valence-corrected chi connectivity index (χ1v) is 17.1. The summed E-state index contributed by atoms with van der Waals surface area (Å²) in [6.45, 7) is 0.333. The summed E-state index contributed by atoms with van der Waals surface area (Å²) in [7, 11) is -2.31. The SMILES string of the molecule is COc1ccc(S(=O)(=O)N2CCCCC2)cc1NC(=O)COC(=O)c1c2c(nc3ccccc13)/C(=C\c1ccc(Cl)cc1)CCC2. The molecule has 0 spiro atoms. The van der Waals surface area contributed by atoms with Gasteiger partial charge in [-0.3, -0.25) is 4.79 Å². The molecule has 9 nitrogen and oxygen atoms in total. The quantitative estimate of drug-likeness (QED) is 0.208. The molecule has 1 amide bonds. The predicted molar refractivity (Wildman–Crippen MR) is 179 cm³/mol. The summed E-state index contributed by atoms with van der Waals surface area (Å²) in [4.78, 5) is 31.8. The van der Waals surface area contributed by atoms with E-state index in [0.717, 1.165) is 54.5 Å². The molecule has 4 aromatic rings. The zero-order chi connectivity index (χ0) is 32.3. The van der Waals surface area contributed by atoms with Gasteiger partial charge < -0.3 is 14.8 Å². The number of rotatable bonds is 8. The van der Waals surface area contributed by atoms with Gasteiger partial charge in [0.1, 0.15) is 5.75 Å². The lowest BCUT2D eigenvalue weighted by molar-refractivity contribution is -0.119. The van der Waals surface area contributed by atoms with E-state index < -0.39 is 28.5 Å². The van der Waals surface area contributed by atoms with E-state index in [9.17, 15) is 18.0 Å². The fourth-order valence-electron chi connectivity index (χ4n) is 6.06. The molecule has 238 valence electrons. The number of amides is 1. The van der Waals surface area contributed by atoms with Crippen molar-refractivity contribution in [2.75, 3.05) is 32.1 Å². The number of anilines is 1. The summed E-state index contributed by atoms with van der Waals surface area (Å²) in [5.74, 6) is -0.979. The van der Waals surface area contributed by atoms with Crippen molar-refractivity contribution in [3.8, 4) is 5.75 Å². The molecule has 11 heteroatoms. The Balaban J connectivity index is 1.24. The fraction of sp³-hybridized carbons (Fsp3) is 0.286. The van der Waals surface area contributed by atoms with Gasteiger partial charge >= 0.3 is 5.97 Å². The average Bonchev–Trinajstić information content (AvgIpc) is 3.07. The topological polar surface area (TPSA) is 115 Å². The lowest BCUT2D eigenvalue weighted by atomic mass is 9.86. The number of allylic oxidation sites excluding steroid dienone is 1. The molecule has 1 aromatic heterocycles. The van der Waals surface area contributed by atoms with Crippen molar-refractivity contribution in [3.63, 3.8) is 0 Å². The Morgan fingerprint density at radius 1 is 0.978 bits per heavy atom. The van der Waals surface area contributed by atoms with Crippen molar-refractivity contribution in [1.29, 1.82) is 0 Å². The first-order valence-electron chi connectivity index (χ1n) is 15.3. The molecule has 1 N–H and O–H groups in total. The van der Waals surface area contributed by atoms with Crippen molar-refractivity contribution in [1.82, 2.24) is 9.29 Å². The largest absolute Gasteiger partial charge is 0.495 e. The highest BCUT2D eigenvalue weighted by Gasteiger charge is 2.28. The number of aromatic nitrogens is 1. The number of carbonyl (C=O) groups excluding carboxylic acids is 2. The molecule has 0 saturated carbocycles. The number of pyridine rings is 1. The number of esters is 1. The fourth-order valence-corrected chi connectivity index (χ4v) is 7.73. The zero-order valence-corrected chi connectivity index (χ0v) is 27.0. The molecule has 2 aliphatic rings. The molecule has 1 aliphatic heterocycles. The van der Waals surface area contributed by atoms with Crippen LogP contribution in [0.3, 0.4) is 0 Å². The van der Waals surface area contributed by atoms with Gasteiger partial charge in [0.2, 0.25) is 10.0 Å². The highest BCUT2D eigenvalue weighted by atomic mass is 35.5. The van der Waals surface area contributed by atoms with Gasteiger partial charge in [0.15, 0.2) is 6.61 Å². The molecule has 2 heterocycles. The number of para-hydroxylation sites is 1. The maximum atomic E-state index is 13.7. The smallest absolute Gasteiger partial charge is 0.339 e. The Bertz CT molecular complexity index is 1940. The van der Waals surface area contributed by atoms with E-state index in [1.54, 1.807) is 0 Å². The van der Waals surface area contributed by atoms with Crippen LogP contribution in [0.25, 0.3) is 22.6 Å². The molecule has 1 saturated heterocycles. The molecule has 3 aromatic carbocycles. The number of benzene rings is 3. The van der Waals surface area contributed by atoms with Gasteiger partial charge in [0, 0.05) is 23.5 Å². The number of methoxy groups -OCH3 is 1. The highest BCUT2D eigenvalue weighted by Crippen LogP contribution is 2.37. The van der Waals surface area contributed by atoms with E-state index in [0.29, 0.717) is 41.0 Å². The van der Waals surface area contributed by atoms with Crippen LogP contribution in [-0.2, 0) is 26.0 Å². The highest BCUT2D eigenvalue weighted by molar-refractivity contribution is 7.89. The van der Waals surface area contributed by atoms with Gasteiger partial charge in [-0.25, -0.2) is 18.2 Å². The second kappa shape index (κ2) is 13.6. The maximum absolute atomic E-state index is 13.7. The van der Waals surface area contributed by atoms with Crippen molar-refractivity contribution in [2.45, 2.75) is 43.4 Å². The number of nitrogens with one attached hydrogen (secondary N) is 1. The number of hydrogen-bond acceptors (Lipinski definition) is 7. The van der Waals surface area contributed by atoms with Gasteiger partial charge in [0.25, 0.3) is 5.91 Å². The van der Waals surface area contributed by atoms with E-state index in [2.05, 4.69) is 11.4 Å². The Hall–Kier alpha value is -4.25. The van der Waals surface area contributed by atoms with Crippen LogP contribution < -0.4 is 10.1 Å². The second-order valence-electron chi connectivity index (χ2n) is 11.4. The number of hydrogen-bond donors (Lipinski definition) is 1. The van der Waals surface area contributed by atoms with E-state index in [4.69, 9.17) is 26.1 Å². The van der Waals surface area contributed by atoms with E-state index >= 15 is 0 Å². The van der Waals surface area contributed by atoms with Gasteiger partial charge in [-0.1, -0.05) is 48.4 Å². The lowest BCUT2D eigenvalue weighted by Gasteiger charge is -2.26. The minimum absolute atomic E-state index is 0.0554. The maximum Gasteiger partial charge on any atom is 0.339 e. The van der Waals surface area contributed by atoms with Gasteiger partial charge in [-0.05, 0) is 91.3 Å². The van der Waals surface area contributed by atoms with E-state index in [1.807, 2.05) is 48.5 Å². The summed E-state index contributed by atoms with van der Waals surface area (Å²) in [6, 6.07) is 19.3. The molecular formula is C35H34ClN3O6S. The van der Waals surface area contributed by atoms with Crippen LogP contribution in [-0.4, -0.2) is 56.4 Å². The minimum Gasteiger partial charge on any atom is -0.495 e. The van der Waals surface area contributed by atoms with E-state index in [-0.39, 0.29) is 16.3 Å². The monoisotopic (exact) mass is 659 g/mol. The minimum atomic E-state index is -3.74. The first-order chi connectivity index (χ1) is 22.2. The number of carbonyl (C=O) groups is 2. The molecule has 0 unspecified atom stereocenters. The Kier molecular flexibility index (Phi) is 9.39. The number of piperidine rings is 1. The Morgan fingerprint density at radius 2 is 1.74 bits per heavy atom. The second-order valence-corrected chi connectivity index (χ2v) is 13.7. The van der Waals surface area contributed by atoms with Crippen molar-refractivity contribution < 1.29 is 27.5 Å². The summed E-state index contributed by atoms with van der Waals surface area (Å²) >= 11 is 6.08. The standard InChI is InChI=1S/C35H34ClN3O6S/c1-44-31-17-16-26(46(42,43)39-18-5-2-6-19-39)21-30(31)37-32(40)22-45-35(41)33-27-9-3-4-11-29(27)38-34-24(8-7-10-28(33)34)20-23-12-14-25(36)15-13-23/h3-4,9,11-17,20-21H,2,5-8,10,18-19,22H2,1H3,(H,37,40)/b24-20-. The molecule has 1 fully saturated rings. The molecular weight excluding hydrogens is 626 g/mol. The number of ether oxygens (including phenoxy) is 2. The number of nitrogens with zero attached hydrogens (tertiary/aromatic N) is 2. The van der Waals surface area contributed by atoms with Crippen molar-refractivity contribution in [3.05, 3.63) is 94.1 Å². The normalized spacial score (nSPS) is 16.2. The number of halogens is 1. The third kappa shape index (κ3) is 6.65. The lowest BCUT2D eigenvalue weighted by Crippen LogP contribution is -2.35. The van der Waals surface area contributed by atoms with Crippen LogP contribution in [0.4, 0.5) is 5.69 Å².